The van der Waals surface area contributed by atoms with Crippen molar-refractivity contribution < 1.29 is 14.7 Å². The number of aliphatic hydroxyl groups excluding tert-OH is 1. The summed E-state index contributed by atoms with van der Waals surface area (Å²) < 4.78 is 4.82. The van der Waals surface area contributed by atoms with Crippen LogP contribution in [-0.4, -0.2) is 33.0 Å². The van der Waals surface area contributed by atoms with Crippen molar-refractivity contribution in [3.63, 3.8) is 0 Å². The number of rotatable bonds is 5. The highest BCUT2D eigenvalue weighted by Gasteiger charge is 2.56. The molecule has 8 nitrogen and oxygen atoms in total. The maximum absolute atomic E-state index is 11.3. The quantitative estimate of drug-likeness (QED) is 0.386. The number of nitrogens with zero attached hydrogens (tertiary/aromatic N) is 3. The number of aromatic nitrogens is 2. The highest BCUT2D eigenvalue weighted by atomic mass is 16.6. The van der Waals surface area contributed by atoms with Gasteiger partial charge in [0, 0.05) is 12.6 Å². The third kappa shape index (κ3) is 3.44. The maximum Gasteiger partial charge on any atom is 0.300 e. The van der Waals surface area contributed by atoms with Gasteiger partial charge in [0.15, 0.2) is 5.52 Å². The fourth-order valence-electron chi connectivity index (χ4n) is 8.52. The molecule has 0 amide bonds. The Kier molecular flexibility index (Phi) is 5.52. The van der Waals surface area contributed by atoms with Crippen LogP contribution in [0.3, 0.4) is 0 Å². The molecule has 2 N–H and O–H groups in total. The van der Waals surface area contributed by atoms with E-state index < -0.39 is 4.92 Å². The summed E-state index contributed by atoms with van der Waals surface area (Å²) in [6.07, 6.45) is 12.4. The lowest BCUT2D eigenvalue weighted by Crippen LogP contribution is -2.46. The van der Waals surface area contributed by atoms with Gasteiger partial charge in [-0.3, -0.25) is 10.1 Å². The molecule has 0 spiro atoms. The third-order valence-electron chi connectivity index (χ3n) is 10.5. The number of hydrogen-bond acceptors (Lipinski definition) is 7. The highest BCUT2D eigenvalue weighted by Crippen LogP contribution is 2.65. The summed E-state index contributed by atoms with van der Waals surface area (Å²) in [5.74, 6) is 2.28. The minimum atomic E-state index is -0.456. The van der Waals surface area contributed by atoms with Crippen LogP contribution in [0.4, 0.5) is 11.4 Å². The van der Waals surface area contributed by atoms with Crippen LogP contribution in [-0.2, 0) is 0 Å². The van der Waals surface area contributed by atoms with Gasteiger partial charge in [0.2, 0.25) is 5.52 Å². The molecule has 1 aromatic carbocycles. The second-order valence-electron chi connectivity index (χ2n) is 12.2. The zero-order valence-corrected chi connectivity index (χ0v) is 21.4. The standard InChI is InChI=1S/C28H36N4O4/c1-16(15-29-23-8-9-24(32(34)35)26-25(23)30-36-31-26)20-6-7-21-19-5-4-17-14-18(33)10-12-27(17,2)22(19)11-13-28(20,21)3/h4-5,8-9,16,18,20-22,29,33H,6-7,10-15H2,1-3H3. The molecule has 6 rings (SSSR count). The van der Waals surface area contributed by atoms with Crippen LogP contribution < -0.4 is 5.32 Å². The average Bonchev–Trinajstić information content (AvgIpc) is 3.47. The Morgan fingerprint density at radius 2 is 1.94 bits per heavy atom. The van der Waals surface area contributed by atoms with E-state index >= 15 is 0 Å². The van der Waals surface area contributed by atoms with E-state index in [0.717, 1.165) is 31.5 Å². The Bertz CT molecular complexity index is 1270. The van der Waals surface area contributed by atoms with Crippen molar-refractivity contribution in [2.75, 3.05) is 11.9 Å². The van der Waals surface area contributed by atoms with Crippen molar-refractivity contribution in [2.24, 2.45) is 34.5 Å². The number of hydrogen-bond donors (Lipinski definition) is 2. The lowest BCUT2D eigenvalue weighted by atomic mass is 9.50. The van der Waals surface area contributed by atoms with Crippen LogP contribution in [0.5, 0.6) is 0 Å². The van der Waals surface area contributed by atoms with Crippen molar-refractivity contribution in [1.29, 1.82) is 0 Å². The van der Waals surface area contributed by atoms with Gasteiger partial charge >= 0.3 is 5.69 Å². The van der Waals surface area contributed by atoms with Crippen molar-refractivity contribution in [2.45, 2.75) is 71.8 Å². The van der Waals surface area contributed by atoms with E-state index in [4.69, 9.17) is 4.63 Å². The molecule has 0 radical (unpaired) electrons. The SMILES string of the molecule is CC(CNc1ccc([N+](=O)[O-])c2nonc12)C1CCC2C3=CC=C4CC(O)CCC4(C)C3CCC21C. The van der Waals surface area contributed by atoms with Crippen molar-refractivity contribution in [3.05, 3.63) is 45.5 Å². The highest BCUT2D eigenvalue weighted by molar-refractivity contribution is 5.93. The van der Waals surface area contributed by atoms with E-state index in [-0.39, 0.29) is 28.1 Å². The normalized spacial score (nSPS) is 36.3. The van der Waals surface area contributed by atoms with E-state index in [1.807, 2.05) is 0 Å². The van der Waals surface area contributed by atoms with E-state index in [0.29, 0.717) is 29.2 Å². The van der Waals surface area contributed by atoms with E-state index in [1.165, 1.54) is 37.3 Å². The third-order valence-corrected chi connectivity index (χ3v) is 10.5. The summed E-state index contributed by atoms with van der Waals surface area (Å²) in [6.45, 7) is 8.07. The molecule has 192 valence electrons. The van der Waals surface area contributed by atoms with Crippen LogP contribution in [0.25, 0.3) is 11.0 Å². The number of fused-ring (bicyclic) bond motifs is 6. The Morgan fingerprint density at radius 1 is 1.14 bits per heavy atom. The molecule has 1 heterocycles. The molecule has 0 saturated heterocycles. The fourth-order valence-corrected chi connectivity index (χ4v) is 8.52. The van der Waals surface area contributed by atoms with Gasteiger partial charge in [-0.25, -0.2) is 4.63 Å². The minimum Gasteiger partial charge on any atom is -0.393 e. The number of benzene rings is 1. The van der Waals surface area contributed by atoms with Gasteiger partial charge in [-0.05, 0) is 95.8 Å². The summed E-state index contributed by atoms with van der Waals surface area (Å²) in [6, 6.07) is 3.18. The number of allylic oxidation sites excluding steroid dienone is 3. The molecule has 4 aliphatic rings. The molecule has 1 aromatic heterocycles. The zero-order valence-electron chi connectivity index (χ0n) is 21.4. The maximum atomic E-state index is 11.3. The van der Waals surface area contributed by atoms with E-state index in [1.54, 1.807) is 11.6 Å². The molecule has 3 fully saturated rings. The first-order valence-corrected chi connectivity index (χ1v) is 13.4. The molecule has 8 heteroatoms. The monoisotopic (exact) mass is 492 g/mol. The molecular formula is C28H36N4O4. The van der Waals surface area contributed by atoms with Gasteiger partial charge in [-0.15, -0.1) is 0 Å². The smallest absolute Gasteiger partial charge is 0.300 e. The predicted molar refractivity (Wildman–Crippen MR) is 137 cm³/mol. The summed E-state index contributed by atoms with van der Waals surface area (Å²) in [7, 11) is 0. The zero-order chi connectivity index (χ0) is 25.2. The molecule has 7 atom stereocenters. The topological polar surface area (TPSA) is 114 Å². The molecule has 0 aliphatic heterocycles. The average molecular weight is 493 g/mol. The Labute approximate surface area is 211 Å². The molecule has 0 bridgehead atoms. The summed E-state index contributed by atoms with van der Waals surface area (Å²) in [5, 5.41) is 32.7. The van der Waals surface area contributed by atoms with Crippen LogP contribution in [0.1, 0.15) is 65.7 Å². The number of aliphatic hydroxyl groups is 1. The van der Waals surface area contributed by atoms with Crippen LogP contribution >= 0.6 is 0 Å². The molecule has 3 saturated carbocycles. The Hall–Kier alpha value is -2.74. The predicted octanol–water partition coefficient (Wildman–Crippen LogP) is 6.04. The molecular weight excluding hydrogens is 456 g/mol. The molecule has 36 heavy (non-hydrogen) atoms. The lowest BCUT2D eigenvalue weighted by molar-refractivity contribution is -0.383. The largest absolute Gasteiger partial charge is 0.393 e. The first-order chi connectivity index (χ1) is 17.2. The number of nitro benzene ring substituents is 1. The van der Waals surface area contributed by atoms with Gasteiger partial charge in [-0.1, -0.05) is 44.1 Å². The number of nitro groups is 1. The van der Waals surface area contributed by atoms with Crippen molar-refractivity contribution >= 4 is 22.4 Å². The van der Waals surface area contributed by atoms with Crippen molar-refractivity contribution in [1.82, 2.24) is 10.3 Å². The van der Waals surface area contributed by atoms with Gasteiger partial charge in [0.25, 0.3) is 0 Å². The van der Waals surface area contributed by atoms with Gasteiger partial charge in [0.1, 0.15) is 0 Å². The second kappa shape index (κ2) is 8.40. The minimum absolute atomic E-state index is 0.0908. The van der Waals surface area contributed by atoms with E-state index in [9.17, 15) is 15.2 Å². The van der Waals surface area contributed by atoms with Gasteiger partial charge < -0.3 is 10.4 Å². The first-order valence-electron chi connectivity index (χ1n) is 13.4. The van der Waals surface area contributed by atoms with Crippen LogP contribution in [0, 0.1) is 44.6 Å². The lowest BCUT2D eigenvalue weighted by Gasteiger charge is -2.55. The van der Waals surface area contributed by atoms with Gasteiger partial charge in [0.05, 0.1) is 16.7 Å². The molecule has 2 aromatic rings. The summed E-state index contributed by atoms with van der Waals surface area (Å²) in [4.78, 5) is 10.8. The van der Waals surface area contributed by atoms with Crippen molar-refractivity contribution in [3.8, 4) is 0 Å². The first kappa shape index (κ1) is 23.6. The number of nitrogens with one attached hydrogen (secondary N) is 1. The summed E-state index contributed by atoms with van der Waals surface area (Å²) >= 11 is 0. The number of anilines is 1. The second-order valence-corrected chi connectivity index (χ2v) is 12.2. The Balaban J connectivity index is 1.20. The fraction of sp³-hybridized carbons (Fsp3) is 0.643. The molecule has 4 aliphatic carbocycles. The van der Waals surface area contributed by atoms with Crippen LogP contribution in [0.2, 0.25) is 0 Å². The molecule has 7 unspecified atom stereocenters. The van der Waals surface area contributed by atoms with Gasteiger partial charge in [-0.2, -0.15) is 0 Å². The summed E-state index contributed by atoms with van der Waals surface area (Å²) in [5.41, 5.74) is 4.85. The van der Waals surface area contributed by atoms with E-state index in [2.05, 4.69) is 48.6 Å². The Morgan fingerprint density at radius 3 is 2.75 bits per heavy atom. The number of non-ortho nitro benzene ring substituents is 1. The van der Waals surface area contributed by atoms with Crippen LogP contribution in [0.15, 0.2) is 40.1 Å².